The SMILES string of the molecule is C/C=C\C=C/c1ccc(CN=C/C(C)=C/C=N\N=C\C)cc1. The van der Waals surface area contributed by atoms with Crippen LogP contribution in [0.4, 0.5) is 0 Å². The van der Waals surface area contributed by atoms with Crippen LogP contribution >= 0.6 is 0 Å². The zero-order valence-corrected chi connectivity index (χ0v) is 13.5. The number of hydrogen-bond acceptors (Lipinski definition) is 3. The smallest absolute Gasteiger partial charge is 0.0639 e. The van der Waals surface area contributed by atoms with E-state index >= 15 is 0 Å². The summed E-state index contributed by atoms with van der Waals surface area (Å²) in [5.41, 5.74) is 3.42. The summed E-state index contributed by atoms with van der Waals surface area (Å²) in [4.78, 5) is 4.42. The van der Waals surface area contributed by atoms with Crippen LogP contribution in [0, 0.1) is 0 Å². The number of rotatable bonds is 7. The topological polar surface area (TPSA) is 37.1 Å². The second kappa shape index (κ2) is 11.1. The van der Waals surface area contributed by atoms with E-state index in [-0.39, 0.29) is 0 Å². The number of aliphatic imine (C=N–C) groups is 1. The highest BCUT2D eigenvalue weighted by Gasteiger charge is 1.90. The number of hydrogen-bond donors (Lipinski definition) is 0. The van der Waals surface area contributed by atoms with E-state index in [9.17, 15) is 0 Å². The van der Waals surface area contributed by atoms with Gasteiger partial charge in [-0.2, -0.15) is 10.2 Å². The summed E-state index contributed by atoms with van der Waals surface area (Å²) < 4.78 is 0. The second-order valence-electron chi connectivity index (χ2n) is 4.65. The van der Waals surface area contributed by atoms with Crippen LogP contribution in [0.15, 0.2) is 69.3 Å². The Labute approximate surface area is 133 Å². The van der Waals surface area contributed by atoms with Crippen molar-refractivity contribution in [1.29, 1.82) is 0 Å². The molecular formula is C19H23N3. The Balaban J connectivity index is 2.52. The van der Waals surface area contributed by atoms with Crippen molar-refractivity contribution in [2.45, 2.75) is 27.3 Å². The van der Waals surface area contributed by atoms with Crippen LogP contribution in [0.5, 0.6) is 0 Å². The van der Waals surface area contributed by atoms with Gasteiger partial charge in [0.1, 0.15) is 0 Å². The zero-order valence-electron chi connectivity index (χ0n) is 13.5. The predicted octanol–water partition coefficient (Wildman–Crippen LogP) is 4.87. The molecule has 0 bridgehead atoms. The summed E-state index contributed by atoms with van der Waals surface area (Å²) in [5, 5.41) is 7.58. The van der Waals surface area contributed by atoms with Crippen molar-refractivity contribution in [3.63, 3.8) is 0 Å². The normalized spacial score (nSPS) is 13.7. The molecule has 1 rings (SSSR count). The van der Waals surface area contributed by atoms with E-state index in [0.717, 1.165) is 5.57 Å². The number of benzene rings is 1. The van der Waals surface area contributed by atoms with Crippen molar-refractivity contribution < 1.29 is 0 Å². The van der Waals surface area contributed by atoms with Gasteiger partial charge in [0, 0.05) is 18.6 Å². The van der Waals surface area contributed by atoms with Crippen molar-refractivity contribution in [3.05, 3.63) is 65.3 Å². The number of allylic oxidation sites excluding steroid dienone is 5. The van der Waals surface area contributed by atoms with Gasteiger partial charge in [-0.15, -0.1) is 0 Å². The van der Waals surface area contributed by atoms with Crippen LogP contribution in [-0.4, -0.2) is 18.6 Å². The molecule has 0 aliphatic carbocycles. The quantitative estimate of drug-likeness (QED) is 0.391. The minimum Gasteiger partial charge on any atom is -0.288 e. The Morgan fingerprint density at radius 2 is 1.82 bits per heavy atom. The molecule has 0 aliphatic rings. The van der Waals surface area contributed by atoms with E-state index < -0.39 is 0 Å². The van der Waals surface area contributed by atoms with Crippen molar-refractivity contribution in [3.8, 4) is 0 Å². The molecule has 1 aromatic rings. The molecule has 0 amide bonds. The van der Waals surface area contributed by atoms with Gasteiger partial charge in [0.15, 0.2) is 0 Å². The fourth-order valence-electron chi connectivity index (χ4n) is 1.61. The van der Waals surface area contributed by atoms with Crippen molar-refractivity contribution >= 4 is 24.7 Å². The standard InChI is InChI=1S/C19H23N3/c1-4-6-7-8-18-9-11-19(12-10-18)16-20-15-17(3)13-14-22-21-5-2/h4-15H,16H2,1-3H3/b6-4-,8-7-,17-13+,20-15?,21-5+,22-14-. The lowest BCUT2D eigenvalue weighted by atomic mass is 10.1. The molecular weight excluding hydrogens is 270 g/mol. The fraction of sp³-hybridized carbons (Fsp3) is 0.211. The molecule has 22 heavy (non-hydrogen) atoms. The maximum atomic E-state index is 4.42. The lowest BCUT2D eigenvalue weighted by molar-refractivity contribution is 1.08. The molecule has 0 aromatic heterocycles. The van der Waals surface area contributed by atoms with Crippen LogP contribution < -0.4 is 0 Å². The molecule has 3 heteroatoms. The van der Waals surface area contributed by atoms with E-state index in [2.05, 4.69) is 45.5 Å². The van der Waals surface area contributed by atoms with E-state index in [1.807, 2.05) is 51.3 Å². The molecule has 114 valence electrons. The molecule has 0 atom stereocenters. The van der Waals surface area contributed by atoms with Gasteiger partial charge in [0.2, 0.25) is 0 Å². The maximum absolute atomic E-state index is 4.42. The molecule has 0 N–H and O–H groups in total. The fourth-order valence-corrected chi connectivity index (χ4v) is 1.61. The van der Waals surface area contributed by atoms with Gasteiger partial charge < -0.3 is 0 Å². The molecule has 0 aliphatic heterocycles. The Hall–Kier alpha value is -2.55. The van der Waals surface area contributed by atoms with Gasteiger partial charge in [0.25, 0.3) is 0 Å². The Bertz CT molecular complexity index is 600. The minimum atomic E-state index is 0.675. The Kier molecular flexibility index (Phi) is 8.87. The average Bonchev–Trinajstić information content (AvgIpc) is 2.53. The van der Waals surface area contributed by atoms with Gasteiger partial charge >= 0.3 is 0 Å². The molecule has 0 radical (unpaired) electrons. The maximum Gasteiger partial charge on any atom is 0.0639 e. The average molecular weight is 293 g/mol. The van der Waals surface area contributed by atoms with Gasteiger partial charge in [-0.05, 0) is 43.5 Å². The van der Waals surface area contributed by atoms with Crippen LogP contribution in [-0.2, 0) is 6.54 Å². The molecule has 0 unspecified atom stereocenters. The summed E-state index contributed by atoms with van der Waals surface area (Å²) >= 11 is 0. The molecule has 0 saturated carbocycles. The van der Waals surface area contributed by atoms with E-state index in [0.29, 0.717) is 6.54 Å². The van der Waals surface area contributed by atoms with Crippen LogP contribution in [0.1, 0.15) is 31.9 Å². The van der Waals surface area contributed by atoms with Gasteiger partial charge in [-0.1, -0.05) is 48.6 Å². The highest BCUT2D eigenvalue weighted by molar-refractivity contribution is 5.86. The summed E-state index contributed by atoms with van der Waals surface area (Å²) in [5.74, 6) is 0. The molecule has 0 saturated heterocycles. The van der Waals surface area contributed by atoms with E-state index in [4.69, 9.17) is 0 Å². The largest absolute Gasteiger partial charge is 0.288 e. The second-order valence-corrected chi connectivity index (χ2v) is 4.65. The minimum absolute atomic E-state index is 0.675. The van der Waals surface area contributed by atoms with E-state index in [1.165, 1.54) is 11.1 Å². The summed E-state index contributed by atoms with van der Waals surface area (Å²) in [6.45, 7) is 6.50. The highest BCUT2D eigenvalue weighted by atomic mass is 15.2. The first-order valence-electron chi connectivity index (χ1n) is 7.32. The number of nitrogens with zero attached hydrogens (tertiary/aromatic N) is 3. The zero-order chi connectivity index (χ0) is 16.0. The van der Waals surface area contributed by atoms with Crippen molar-refractivity contribution in [2.75, 3.05) is 0 Å². The lowest BCUT2D eigenvalue weighted by Crippen LogP contribution is -1.84. The van der Waals surface area contributed by atoms with Gasteiger partial charge in [-0.25, -0.2) is 0 Å². The Morgan fingerprint density at radius 3 is 2.50 bits per heavy atom. The molecule has 3 nitrogen and oxygen atoms in total. The molecule has 0 fully saturated rings. The van der Waals surface area contributed by atoms with Crippen LogP contribution in [0.25, 0.3) is 6.08 Å². The summed E-state index contributed by atoms with van der Waals surface area (Å²) in [6.07, 6.45) is 15.2. The summed E-state index contributed by atoms with van der Waals surface area (Å²) in [6, 6.07) is 8.40. The van der Waals surface area contributed by atoms with Gasteiger partial charge in [0.05, 0.1) is 6.54 Å². The van der Waals surface area contributed by atoms with Crippen molar-refractivity contribution in [2.24, 2.45) is 15.2 Å². The molecule has 0 heterocycles. The lowest BCUT2D eigenvalue weighted by Gasteiger charge is -1.98. The van der Waals surface area contributed by atoms with Crippen molar-refractivity contribution in [1.82, 2.24) is 0 Å². The monoisotopic (exact) mass is 293 g/mol. The third kappa shape index (κ3) is 7.90. The van der Waals surface area contributed by atoms with Crippen LogP contribution in [0.3, 0.4) is 0 Å². The highest BCUT2D eigenvalue weighted by Crippen LogP contribution is 2.07. The predicted molar refractivity (Wildman–Crippen MR) is 98.9 cm³/mol. The summed E-state index contributed by atoms with van der Waals surface area (Å²) in [7, 11) is 0. The first kappa shape index (κ1) is 17.5. The third-order valence-electron chi connectivity index (χ3n) is 2.73. The van der Waals surface area contributed by atoms with Gasteiger partial charge in [-0.3, -0.25) is 4.99 Å². The van der Waals surface area contributed by atoms with E-state index in [1.54, 1.807) is 12.4 Å². The molecule has 1 aromatic carbocycles. The first-order valence-corrected chi connectivity index (χ1v) is 7.32. The molecule has 0 spiro atoms. The first-order chi connectivity index (χ1) is 10.8. The third-order valence-corrected chi connectivity index (χ3v) is 2.73. The Morgan fingerprint density at radius 1 is 1.05 bits per heavy atom. The van der Waals surface area contributed by atoms with Crippen LogP contribution in [0.2, 0.25) is 0 Å².